The molecule has 0 aromatic heterocycles. The number of ether oxygens (including phenoxy) is 1. The highest BCUT2D eigenvalue weighted by molar-refractivity contribution is 5.77. The Morgan fingerprint density at radius 1 is 1.73 bits per heavy atom. The van der Waals surface area contributed by atoms with Gasteiger partial charge in [0, 0.05) is 13.6 Å². The van der Waals surface area contributed by atoms with E-state index in [1.165, 1.54) is 0 Å². The molecular weight excluding hydrogens is 142 g/mol. The summed E-state index contributed by atoms with van der Waals surface area (Å²) in [5.74, 6) is 0.0981. The van der Waals surface area contributed by atoms with E-state index in [9.17, 15) is 4.79 Å². The average molecular weight is 157 g/mol. The first-order valence-electron chi connectivity index (χ1n) is 4.09. The number of carbonyl (C=O) groups excluding carboxylic acids is 1. The number of hydrogen-bond acceptors (Lipinski definition) is 2. The highest BCUT2D eigenvalue weighted by Crippen LogP contribution is 2.08. The van der Waals surface area contributed by atoms with Gasteiger partial charge in [0.2, 0.25) is 5.91 Å². The molecule has 11 heavy (non-hydrogen) atoms. The number of amides is 1. The molecule has 1 heterocycles. The van der Waals surface area contributed by atoms with Crippen molar-refractivity contribution >= 4 is 5.91 Å². The van der Waals surface area contributed by atoms with Crippen LogP contribution in [0.25, 0.3) is 0 Å². The minimum atomic E-state index is 0.0981. The van der Waals surface area contributed by atoms with Gasteiger partial charge in [0.1, 0.15) is 6.61 Å². The zero-order valence-corrected chi connectivity index (χ0v) is 7.17. The van der Waals surface area contributed by atoms with E-state index in [0.29, 0.717) is 0 Å². The van der Waals surface area contributed by atoms with E-state index in [2.05, 4.69) is 6.92 Å². The second-order valence-corrected chi connectivity index (χ2v) is 2.95. The highest BCUT2D eigenvalue weighted by atomic mass is 16.5. The van der Waals surface area contributed by atoms with Crippen LogP contribution in [0, 0.1) is 0 Å². The van der Waals surface area contributed by atoms with Crippen molar-refractivity contribution in [3.05, 3.63) is 0 Å². The van der Waals surface area contributed by atoms with Crippen molar-refractivity contribution < 1.29 is 9.53 Å². The Morgan fingerprint density at radius 3 is 3.09 bits per heavy atom. The van der Waals surface area contributed by atoms with Gasteiger partial charge in [-0.15, -0.1) is 0 Å². The molecule has 1 amide bonds. The average Bonchev–Trinajstić information content (AvgIpc) is 2.16. The maximum Gasteiger partial charge on any atom is 0.248 e. The van der Waals surface area contributed by atoms with Gasteiger partial charge in [-0.25, -0.2) is 0 Å². The summed E-state index contributed by atoms with van der Waals surface area (Å²) >= 11 is 0. The van der Waals surface area contributed by atoms with Crippen LogP contribution in [0.15, 0.2) is 0 Å². The molecule has 3 nitrogen and oxygen atoms in total. The van der Waals surface area contributed by atoms with Crippen molar-refractivity contribution in [2.24, 2.45) is 0 Å². The summed E-state index contributed by atoms with van der Waals surface area (Å²) in [7, 11) is 1.82. The second-order valence-electron chi connectivity index (χ2n) is 2.95. The zero-order valence-electron chi connectivity index (χ0n) is 7.17. The van der Waals surface area contributed by atoms with Gasteiger partial charge in [-0.2, -0.15) is 0 Å². The first-order chi connectivity index (χ1) is 5.24. The van der Waals surface area contributed by atoms with Crippen molar-refractivity contribution in [1.82, 2.24) is 4.90 Å². The molecule has 0 radical (unpaired) electrons. The molecule has 0 spiro atoms. The SMILES string of the molecule is CCC1CCN(C)C(=O)CO1. The quantitative estimate of drug-likeness (QED) is 0.559. The van der Waals surface area contributed by atoms with Crippen LogP contribution in [0.1, 0.15) is 19.8 Å². The molecule has 64 valence electrons. The number of hydrogen-bond donors (Lipinski definition) is 0. The molecule has 1 atom stereocenters. The Morgan fingerprint density at radius 2 is 2.45 bits per heavy atom. The van der Waals surface area contributed by atoms with Crippen LogP contribution in [0.4, 0.5) is 0 Å². The maximum atomic E-state index is 11.1. The van der Waals surface area contributed by atoms with Crippen molar-refractivity contribution in [1.29, 1.82) is 0 Å². The number of carbonyl (C=O) groups is 1. The van der Waals surface area contributed by atoms with E-state index in [4.69, 9.17) is 4.74 Å². The topological polar surface area (TPSA) is 29.5 Å². The Bertz CT molecular complexity index is 147. The summed E-state index contributed by atoms with van der Waals surface area (Å²) in [6.07, 6.45) is 2.25. The third-order valence-corrected chi connectivity index (χ3v) is 2.11. The molecule has 1 unspecified atom stereocenters. The molecule has 0 aromatic rings. The fraction of sp³-hybridized carbons (Fsp3) is 0.875. The minimum absolute atomic E-state index is 0.0981. The molecular formula is C8H15NO2. The molecule has 0 bridgehead atoms. The second kappa shape index (κ2) is 3.72. The van der Waals surface area contributed by atoms with Gasteiger partial charge in [-0.05, 0) is 12.8 Å². The lowest BCUT2D eigenvalue weighted by atomic mass is 10.2. The number of rotatable bonds is 1. The monoisotopic (exact) mass is 157 g/mol. The highest BCUT2D eigenvalue weighted by Gasteiger charge is 2.18. The van der Waals surface area contributed by atoms with E-state index >= 15 is 0 Å². The third-order valence-electron chi connectivity index (χ3n) is 2.11. The van der Waals surface area contributed by atoms with Crippen molar-refractivity contribution in [2.75, 3.05) is 20.2 Å². The summed E-state index contributed by atoms with van der Waals surface area (Å²) in [6.45, 7) is 3.17. The van der Waals surface area contributed by atoms with Gasteiger partial charge < -0.3 is 9.64 Å². The summed E-state index contributed by atoms with van der Waals surface area (Å²) in [5.41, 5.74) is 0. The van der Waals surface area contributed by atoms with E-state index in [0.717, 1.165) is 19.4 Å². The lowest BCUT2D eigenvalue weighted by Crippen LogP contribution is -2.28. The number of nitrogens with zero attached hydrogens (tertiary/aromatic N) is 1. The first-order valence-corrected chi connectivity index (χ1v) is 4.09. The van der Waals surface area contributed by atoms with Gasteiger partial charge in [-0.3, -0.25) is 4.79 Å². The lowest BCUT2D eigenvalue weighted by Gasteiger charge is -2.12. The third kappa shape index (κ3) is 2.19. The molecule has 1 aliphatic heterocycles. The van der Waals surface area contributed by atoms with Gasteiger partial charge >= 0.3 is 0 Å². The fourth-order valence-corrected chi connectivity index (χ4v) is 1.17. The van der Waals surface area contributed by atoms with Gasteiger partial charge in [0.05, 0.1) is 6.10 Å². The van der Waals surface area contributed by atoms with Crippen LogP contribution < -0.4 is 0 Å². The van der Waals surface area contributed by atoms with Crippen LogP contribution in [0.3, 0.4) is 0 Å². The van der Waals surface area contributed by atoms with Crippen molar-refractivity contribution in [3.63, 3.8) is 0 Å². The van der Waals surface area contributed by atoms with Crippen molar-refractivity contribution in [3.8, 4) is 0 Å². The van der Waals surface area contributed by atoms with Crippen LogP contribution in [-0.4, -0.2) is 37.1 Å². The van der Waals surface area contributed by atoms with E-state index in [-0.39, 0.29) is 18.6 Å². The Hall–Kier alpha value is -0.570. The molecule has 1 fully saturated rings. The molecule has 1 saturated heterocycles. The van der Waals surface area contributed by atoms with Crippen LogP contribution >= 0.6 is 0 Å². The van der Waals surface area contributed by atoms with Gasteiger partial charge in [0.25, 0.3) is 0 Å². The predicted octanol–water partition coefficient (Wildman–Crippen LogP) is 0.644. The van der Waals surface area contributed by atoms with Crippen LogP contribution in [0.2, 0.25) is 0 Å². The van der Waals surface area contributed by atoms with Crippen LogP contribution in [0.5, 0.6) is 0 Å². The molecule has 0 saturated carbocycles. The number of likely N-dealkylation sites (N-methyl/N-ethyl adjacent to an activating group) is 1. The van der Waals surface area contributed by atoms with E-state index < -0.39 is 0 Å². The standard InChI is InChI=1S/C8H15NO2/c1-3-7-4-5-9(2)8(10)6-11-7/h7H,3-6H2,1-2H3. The van der Waals surface area contributed by atoms with Gasteiger partial charge in [-0.1, -0.05) is 6.92 Å². The largest absolute Gasteiger partial charge is 0.368 e. The molecule has 0 N–H and O–H groups in total. The smallest absolute Gasteiger partial charge is 0.248 e. The molecule has 3 heteroatoms. The summed E-state index contributed by atoms with van der Waals surface area (Å²) in [4.78, 5) is 12.8. The van der Waals surface area contributed by atoms with Gasteiger partial charge in [0.15, 0.2) is 0 Å². The molecule has 1 aliphatic rings. The molecule has 0 aliphatic carbocycles. The summed E-state index contributed by atoms with van der Waals surface area (Å²) < 4.78 is 5.34. The minimum Gasteiger partial charge on any atom is -0.368 e. The zero-order chi connectivity index (χ0) is 8.27. The van der Waals surface area contributed by atoms with E-state index in [1.54, 1.807) is 4.90 Å². The maximum absolute atomic E-state index is 11.1. The Kier molecular flexibility index (Phi) is 2.88. The molecule has 1 rings (SSSR count). The van der Waals surface area contributed by atoms with E-state index in [1.807, 2.05) is 7.05 Å². The normalized spacial score (nSPS) is 26.9. The lowest BCUT2D eigenvalue weighted by molar-refractivity contribution is -0.133. The van der Waals surface area contributed by atoms with Crippen LogP contribution in [-0.2, 0) is 9.53 Å². The fourth-order valence-electron chi connectivity index (χ4n) is 1.17. The predicted molar refractivity (Wildman–Crippen MR) is 42.3 cm³/mol. The summed E-state index contributed by atoms with van der Waals surface area (Å²) in [6, 6.07) is 0. The Labute approximate surface area is 67.3 Å². The first kappa shape index (κ1) is 8.53. The summed E-state index contributed by atoms with van der Waals surface area (Å²) in [5, 5.41) is 0. The Balaban J connectivity index is 2.44. The van der Waals surface area contributed by atoms with Crippen molar-refractivity contribution in [2.45, 2.75) is 25.9 Å². The molecule has 0 aromatic carbocycles.